The third kappa shape index (κ3) is 6.46. The van der Waals surface area contributed by atoms with Crippen molar-refractivity contribution in [1.82, 2.24) is 39.0 Å². The SMILES string of the molecule is O=C(N[C@H]1CC[C@@H](n2c(=O)c3cc(F)cnc3n(-c3cc(-c4ccccc4)ccc3CN3CCNCC3)c2=O)CC1)c1cn2cc(F)ccc2n1. The summed E-state index contributed by atoms with van der Waals surface area (Å²) in [6, 6.07) is 19.1. The molecular weight excluding hydrogens is 654 g/mol. The summed E-state index contributed by atoms with van der Waals surface area (Å²) in [5.74, 6) is -1.49. The molecule has 0 atom stereocenters. The topological polar surface area (TPSA) is 119 Å². The predicted octanol–water partition coefficient (Wildman–Crippen LogP) is 4.46. The van der Waals surface area contributed by atoms with Crippen molar-refractivity contribution in [2.75, 3.05) is 26.2 Å². The van der Waals surface area contributed by atoms with Gasteiger partial charge < -0.3 is 15.0 Å². The van der Waals surface area contributed by atoms with E-state index >= 15 is 0 Å². The molecule has 2 N–H and O–H groups in total. The summed E-state index contributed by atoms with van der Waals surface area (Å²) in [5, 5.41) is 6.40. The molecule has 1 aliphatic heterocycles. The standard InChI is InChI=1S/C38H36F2N8O3/c39-27-8-13-34-44-32(23-46(34)22-27)36(49)43-29-9-11-30(12-10-29)47-37(50)31-19-28(40)20-42-35(31)48(38(47)51)33-18-25(24-4-2-1-3-5-24)6-7-26(33)21-45-16-14-41-15-17-45/h1-8,13,18-20,22-23,29-30,41H,9-12,14-17,21H2,(H,43,49)/t29-,30+. The normalized spacial score (nSPS) is 18.3. The van der Waals surface area contributed by atoms with Crippen molar-refractivity contribution in [2.45, 2.75) is 44.3 Å². The number of carbonyl (C=O) groups is 1. The third-order valence-corrected chi connectivity index (χ3v) is 9.97. The van der Waals surface area contributed by atoms with Crippen LogP contribution in [-0.2, 0) is 6.54 Å². The van der Waals surface area contributed by atoms with Gasteiger partial charge in [-0.2, -0.15) is 0 Å². The van der Waals surface area contributed by atoms with E-state index < -0.39 is 28.9 Å². The van der Waals surface area contributed by atoms with Gasteiger partial charge >= 0.3 is 5.69 Å². The fourth-order valence-corrected chi connectivity index (χ4v) is 7.36. The highest BCUT2D eigenvalue weighted by molar-refractivity contribution is 5.93. The van der Waals surface area contributed by atoms with Crippen LogP contribution in [-0.4, -0.2) is 66.5 Å². The van der Waals surface area contributed by atoms with E-state index in [1.165, 1.54) is 38.1 Å². The first-order valence-corrected chi connectivity index (χ1v) is 17.2. The van der Waals surface area contributed by atoms with Gasteiger partial charge in [-0.3, -0.25) is 19.1 Å². The molecule has 1 saturated heterocycles. The van der Waals surface area contributed by atoms with Crippen LogP contribution >= 0.6 is 0 Å². The van der Waals surface area contributed by atoms with Crippen LogP contribution in [0, 0.1) is 11.6 Å². The molecule has 13 heteroatoms. The Morgan fingerprint density at radius 2 is 1.67 bits per heavy atom. The van der Waals surface area contributed by atoms with Gasteiger partial charge in [0.15, 0.2) is 5.65 Å². The zero-order chi connectivity index (χ0) is 35.1. The maximum absolute atomic E-state index is 14.7. The highest BCUT2D eigenvalue weighted by atomic mass is 19.1. The fourth-order valence-electron chi connectivity index (χ4n) is 7.36. The minimum Gasteiger partial charge on any atom is -0.348 e. The average Bonchev–Trinajstić information content (AvgIpc) is 3.58. The third-order valence-electron chi connectivity index (χ3n) is 9.97. The lowest BCUT2D eigenvalue weighted by Crippen LogP contribution is -2.45. The average molecular weight is 691 g/mol. The smallest absolute Gasteiger partial charge is 0.337 e. The van der Waals surface area contributed by atoms with Gasteiger partial charge in [0, 0.05) is 57.2 Å². The number of piperazine rings is 1. The van der Waals surface area contributed by atoms with Crippen molar-refractivity contribution in [2.24, 2.45) is 0 Å². The number of hydrogen-bond donors (Lipinski definition) is 2. The molecule has 2 aliphatic rings. The van der Waals surface area contributed by atoms with E-state index in [0.717, 1.165) is 55.1 Å². The van der Waals surface area contributed by atoms with E-state index in [4.69, 9.17) is 0 Å². The minimum absolute atomic E-state index is 0.0200. The molecule has 1 amide bonds. The lowest BCUT2D eigenvalue weighted by molar-refractivity contribution is 0.0917. The van der Waals surface area contributed by atoms with Gasteiger partial charge in [0.05, 0.1) is 17.3 Å². The van der Waals surface area contributed by atoms with E-state index in [9.17, 15) is 23.2 Å². The molecular formula is C38H36F2N8O3. The van der Waals surface area contributed by atoms with Crippen LogP contribution < -0.4 is 21.9 Å². The number of fused-ring (bicyclic) bond motifs is 2. The number of rotatable bonds is 7. The Kier molecular flexibility index (Phi) is 8.74. The van der Waals surface area contributed by atoms with Gasteiger partial charge in [-0.05, 0) is 66.6 Å². The van der Waals surface area contributed by atoms with Crippen molar-refractivity contribution in [3.8, 4) is 16.8 Å². The molecule has 51 heavy (non-hydrogen) atoms. The monoisotopic (exact) mass is 690 g/mol. The lowest BCUT2D eigenvalue weighted by atomic mass is 9.90. The van der Waals surface area contributed by atoms with Crippen LogP contribution in [0.4, 0.5) is 8.78 Å². The number of aromatic nitrogens is 5. The molecule has 0 unspecified atom stereocenters. The highest BCUT2D eigenvalue weighted by Gasteiger charge is 2.29. The van der Waals surface area contributed by atoms with E-state index in [2.05, 4.69) is 25.5 Å². The first-order valence-electron chi connectivity index (χ1n) is 17.2. The molecule has 4 aromatic heterocycles. The molecule has 1 saturated carbocycles. The Labute approximate surface area is 291 Å². The molecule has 11 nitrogen and oxygen atoms in total. The Hall–Kier alpha value is -5.53. The molecule has 6 aromatic rings. The molecule has 8 rings (SSSR count). The van der Waals surface area contributed by atoms with E-state index in [1.54, 1.807) is 0 Å². The largest absolute Gasteiger partial charge is 0.348 e. The van der Waals surface area contributed by atoms with Crippen molar-refractivity contribution in [3.05, 3.63) is 129 Å². The summed E-state index contributed by atoms with van der Waals surface area (Å²) in [4.78, 5) is 52.8. The molecule has 260 valence electrons. The lowest BCUT2D eigenvalue weighted by Gasteiger charge is -2.31. The van der Waals surface area contributed by atoms with Gasteiger partial charge in [0.1, 0.15) is 23.0 Å². The fraction of sp³-hybridized carbons (Fsp3) is 0.289. The maximum atomic E-state index is 14.7. The Morgan fingerprint density at radius 1 is 0.882 bits per heavy atom. The number of nitrogens with zero attached hydrogens (tertiary/aromatic N) is 6. The second kappa shape index (κ2) is 13.6. The van der Waals surface area contributed by atoms with Crippen LogP contribution in [0.3, 0.4) is 0 Å². The maximum Gasteiger partial charge on any atom is 0.337 e. The summed E-state index contributed by atoms with van der Waals surface area (Å²) in [7, 11) is 0. The van der Waals surface area contributed by atoms with Crippen molar-refractivity contribution >= 4 is 22.6 Å². The van der Waals surface area contributed by atoms with E-state index in [0.29, 0.717) is 43.6 Å². The zero-order valence-corrected chi connectivity index (χ0v) is 27.8. The molecule has 0 spiro atoms. The van der Waals surface area contributed by atoms with E-state index in [1.807, 2.05) is 48.5 Å². The number of halogens is 2. The van der Waals surface area contributed by atoms with Gasteiger partial charge in [-0.25, -0.2) is 28.1 Å². The predicted molar refractivity (Wildman–Crippen MR) is 189 cm³/mol. The van der Waals surface area contributed by atoms with Crippen LogP contribution in [0.5, 0.6) is 0 Å². The zero-order valence-electron chi connectivity index (χ0n) is 27.8. The molecule has 5 heterocycles. The number of pyridine rings is 2. The van der Waals surface area contributed by atoms with Crippen molar-refractivity contribution < 1.29 is 13.6 Å². The Balaban J connectivity index is 1.15. The number of nitrogens with one attached hydrogen (secondary N) is 2. The molecule has 0 radical (unpaired) electrons. The van der Waals surface area contributed by atoms with Gasteiger partial charge in [0.2, 0.25) is 0 Å². The minimum atomic E-state index is -0.670. The van der Waals surface area contributed by atoms with Gasteiger partial charge in [-0.1, -0.05) is 42.5 Å². The van der Waals surface area contributed by atoms with E-state index in [-0.39, 0.29) is 28.7 Å². The first kappa shape index (κ1) is 32.7. The molecule has 1 aliphatic carbocycles. The second-order valence-corrected chi connectivity index (χ2v) is 13.3. The molecule has 0 bridgehead atoms. The summed E-state index contributed by atoms with van der Waals surface area (Å²) < 4.78 is 32.6. The van der Waals surface area contributed by atoms with Crippen molar-refractivity contribution in [3.63, 3.8) is 0 Å². The number of imidazole rings is 1. The Morgan fingerprint density at radius 3 is 2.45 bits per heavy atom. The summed E-state index contributed by atoms with van der Waals surface area (Å²) in [6.07, 6.45) is 5.64. The van der Waals surface area contributed by atoms with Gasteiger partial charge in [0.25, 0.3) is 11.5 Å². The second-order valence-electron chi connectivity index (χ2n) is 13.3. The summed E-state index contributed by atoms with van der Waals surface area (Å²) >= 11 is 0. The number of hydrogen-bond acceptors (Lipinski definition) is 7. The number of amides is 1. The van der Waals surface area contributed by atoms with Gasteiger partial charge in [-0.15, -0.1) is 0 Å². The highest BCUT2D eigenvalue weighted by Crippen LogP contribution is 2.30. The first-order chi connectivity index (χ1) is 24.8. The summed E-state index contributed by atoms with van der Waals surface area (Å²) in [5.41, 5.74) is 2.92. The molecule has 2 aromatic carbocycles. The van der Waals surface area contributed by atoms with Crippen LogP contribution in [0.15, 0.2) is 94.9 Å². The van der Waals surface area contributed by atoms with Crippen LogP contribution in [0.1, 0.15) is 47.8 Å². The summed E-state index contributed by atoms with van der Waals surface area (Å²) in [6.45, 7) is 3.97. The molecule has 2 fully saturated rings. The Bertz CT molecular complexity index is 2380. The number of benzene rings is 2. The quantitative estimate of drug-likeness (QED) is 0.254. The van der Waals surface area contributed by atoms with Crippen molar-refractivity contribution in [1.29, 1.82) is 0 Å². The van der Waals surface area contributed by atoms with Crippen LogP contribution in [0.2, 0.25) is 0 Å². The number of carbonyl (C=O) groups excluding carboxylic acids is 1. The van der Waals surface area contributed by atoms with Crippen LogP contribution in [0.25, 0.3) is 33.5 Å².